The van der Waals surface area contributed by atoms with Crippen LogP contribution < -0.4 is 9.47 Å². The topological polar surface area (TPSA) is 34.2 Å². The van der Waals surface area contributed by atoms with Crippen LogP contribution >= 0.6 is 0 Å². The van der Waals surface area contributed by atoms with E-state index in [2.05, 4.69) is 24.0 Å². The number of aryl methyl sites for hydroxylation is 1. The number of methoxy groups -OCH3 is 2. The Hall–Kier alpha value is -3.27. The summed E-state index contributed by atoms with van der Waals surface area (Å²) >= 11 is 0. The van der Waals surface area contributed by atoms with E-state index in [0.29, 0.717) is 0 Å². The fourth-order valence-electron chi connectivity index (χ4n) is 4.55. The van der Waals surface area contributed by atoms with Crippen LogP contribution in [0, 0.1) is 12.7 Å². The van der Waals surface area contributed by atoms with Gasteiger partial charge < -0.3 is 14.5 Å². The Morgan fingerprint density at radius 3 is 2.50 bits per heavy atom. The van der Waals surface area contributed by atoms with Gasteiger partial charge in [-0.15, -0.1) is 0 Å². The molecule has 0 bridgehead atoms. The molecule has 0 unspecified atom stereocenters. The maximum Gasteiger partial charge on any atom is 0.127 e. The lowest BCUT2D eigenvalue weighted by atomic mass is 9.87. The fourth-order valence-corrected chi connectivity index (χ4v) is 4.55. The maximum absolute atomic E-state index is 14.3. The van der Waals surface area contributed by atoms with Crippen LogP contribution in [-0.4, -0.2) is 19.2 Å². The predicted octanol–water partition coefficient (Wildman–Crippen LogP) is 5.79. The van der Waals surface area contributed by atoms with E-state index >= 15 is 0 Å². The molecule has 1 heterocycles. The third-order valence-electron chi connectivity index (χ3n) is 5.71. The molecule has 0 spiro atoms. The van der Waals surface area contributed by atoms with Gasteiger partial charge in [0.1, 0.15) is 17.3 Å². The van der Waals surface area contributed by atoms with Crippen LogP contribution in [-0.2, 0) is 0 Å². The first-order valence-electron chi connectivity index (χ1n) is 9.25. The number of aromatic nitrogens is 1. The Bertz CT molecular complexity index is 1220. The van der Waals surface area contributed by atoms with Crippen LogP contribution in [0.2, 0.25) is 0 Å². The highest BCUT2D eigenvalue weighted by Gasteiger charge is 2.36. The molecule has 1 aliphatic carbocycles. The van der Waals surface area contributed by atoms with Crippen molar-refractivity contribution in [3.63, 3.8) is 0 Å². The van der Waals surface area contributed by atoms with Crippen LogP contribution in [0.25, 0.3) is 22.0 Å². The average Bonchev–Trinajstić information content (AvgIpc) is 3.20. The Morgan fingerprint density at radius 2 is 1.71 bits per heavy atom. The summed E-state index contributed by atoms with van der Waals surface area (Å²) in [6, 6.07) is 17.2. The van der Waals surface area contributed by atoms with Crippen LogP contribution in [0.5, 0.6) is 11.5 Å². The maximum atomic E-state index is 14.3. The van der Waals surface area contributed by atoms with Gasteiger partial charge >= 0.3 is 0 Å². The minimum atomic E-state index is -0.236. The summed E-state index contributed by atoms with van der Waals surface area (Å²) in [6.45, 7) is 2.07. The number of para-hydroxylation sites is 1. The Kier molecular flexibility index (Phi) is 3.69. The molecule has 140 valence electrons. The molecule has 0 radical (unpaired) electrons. The van der Waals surface area contributed by atoms with Crippen molar-refractivity contribution < 1.29 is 13.9 Å². The molecule has 4 aromatic rings. The van der Waals surface area contributed by atoms with Gasteiger partial charge in [-0.25, -0.2) is 4.39 Å². The standard InChI is InChI=1S/C24H20FNO2/c1-13-22(17-6-4-5-7-20(17)26-13)24-18-10-14(25)8-9-16(18)19-11-15(27-2)12-21(28-3)23(19)24/h4-12,24,26H,1-3H3/t24-/m0/s1. The average molecular weight is 373 g/mol. The molecular weight excluding hydrogens is 353 g/mol. The number of ether oxygens (including phenoxy) is 2. The van der Waals surface area contributed by atoms with Crippen molar-refractivity contribution in [2.75, 3.05) is 14.2 Å². The lowest BCUT2D eigenvalue weighted by Gasteiger charge is -2.18. The van der Waals surface area contributed by atoms with Crippen molar-refractivity contribution in [2.45, 2.75) is 12.8 Å². The van der Waals surface area contributed by atoms with Gasteiger partial charge in [0.25, 0.3) is 0 Å². The lowest BCUT2D eigenvalue weighted by molar-refractivity contribution is 0.391. The summed E-state index contributed by atoms with van der Waals surface area (Å²) in [5.74, 6) is 1.13. The SMILES string of the molecule is COc1cc(OC)c2c(c1)-c1ccc(F)cc1[C@H]2c1c(C)[nH]c2ccccc12. The second kappa shape index (κ2) is 6.13. The third-order valence-corrected chi connectivity index (χ3v) is 5.71. The smallest absolute Gasteiger partial charge is 0.127 e. The zero-order valence-electron chi connectivity index (χ0n) is 16.0. The Labute approximate surface area is 162 Å². The first-order chi connectivity index (χ1) is 13.6. The van der Waals surface area contributed by atoms with Gasteiger partial charge in [-0.3, -0.25) is 0 Å². The number of halogens is 1. The monoisotopic (exact) mass is 373 g/mol. The van der Waals surface area contributed by atoms with Crippen LogP contribution in [0.3, 0.4) is 0 Å². The summed E-state index contributed by atoms with van der Waals surface area (Å²) < 4.78 is 25.5. The van der Waals surface area contributed by atoms with E-state index in [1.54, 1.807) is 20.3 Å². The Morgan fingerprint density at radius 1 is 0.893 bits per heavy atom. The molecule has 0 amide bonds. The molecule has 5 rings (SSSR count). The van der Waals surface area contributed by atoms with Crippen molar-refractivity contribution in [1.82, 2.24) is 4.98 Å². The Balaban J connectivity index is 1.89. The molecule has 0 saturated carbocycles. The molecule has 4 heteroatoms. The van der Waals surface area contributed by atoms with Gasteiger partial charge in [0.2, 0.25) is 0 Å². The number of H-pyrrole nitrogens is 1. The molecule has 1 N–H and O–H groups in total. The molecule has 0 saturated heterocycles. The second-order valence-electron chi connectivity index (χ2n) is 7.16. The molecule has 1 aromatic heterocycles. The van der Waals surface area contributed by atoms with Gasteiger partial charge in [-0.1, -0.05) is 24.3 Å². The highest BCUT2D eigenvalue weighted by Crippen LogP contribution is 2.54. The molecule has 0 fully saturated rings. The van der Waals surface area contributed by atoms with E-state index < -0.39 is 0 Å². The molecular formula is C24H20FNO2. The van der Waals surface area contributed by atoms with Crippen molar-refractivity contribution >= 4 is 10.9 Å². The van der Waals surface area contributed by atoms with E-state index in [9.17, 15) is 4.39 Å². The number of hydrogen-bond donors (Lipinski definition) is 1. The van der Waals surface area contributed by atoms with Gasteiger partial charge in [0.15, 0.2) is 0 Å². The zero-order valence-corrected chi connectivity index (χ0v) is 16.0. The summed E-state index contributed by atoms with van der Waals surface area (Å²) in [7, 11) is 3.31. The van der Waals surface area contributed by atoms with Crippen LogP contribution in [0.4, 0.5) is 4.39 Å². The molecule has 3 nitrogen and oxygen atoms in total. The van der Waals surface area contributed by atoms with Crippen molar-refractivity contribution in [2.24, 2.45) is 0 Å². The van der Waals surface area contributed by atoms with E-state index in [1.165, 1.54) is 6.07 Å². The number of benzene rings is 3. The number of aromatic amines is 1. The summed E-state index contributed by atoms with van der Waals surface area (Å²) in [5.41, 5.74) is 7.36. The molecule has 0 aliphatic heterocycles. The summed E-state index contributed by atoms with van der Waals surface area (Å²) in [5, 5.41) is 1.14. The minimum absolute atomic E-state index is 0.113. The van der Waals surface area contributed by atoms with Crippen LogP contribution in [0.1, 0.15) is 28.3 Å². The van der Waals surface area contributed by atoms with Gasteiger partial charge in [-0.2, -0.15) is 0 Å². The third kappa shape index (κ3) is 2.27. The highest BCUT2D eigenvalue weighted by molar-refractivity contribution is 5.91. The van der Waals surface area contributed by atoms with Gasteiger partial charge in [0.05, 0.1) is 14.2 Å². The number of fused-ring (bicyclic) bond motifs is 4. The first-order valence-corrected chi connectivity index (χ1v) is 9.25. The lowest BCUT2D eigenvalue weighted by Crippen LogP contribution is -2.03. The molecule has 3 aromatic carbocycles. The van der Waals surface area contributed by atoms with Gasteiger partial charge in [-0.05, 0) is 53.4 Å². The first kappa shape index (κ1) is 16.9. The molecule has 1 atom stereocenters. The van der Waals surface area contributed by atoms with Crippen molar-refractivity contribution in [3.8, 4) is 22.6 Å². The zero-order chi connectivity index (χ0) is 19.4. The molecule has 28 heavy (non-hydrogen) atoms. The summed E-state index contributed by atoms with van der Waals surface area (Å²) in [6.07, 6.45) is 0. The predicted molar refractivity (Wildman–Crippen MR) is 109 cm³/mol. The normalized spacial score (nSPS) is 14.8. The van der Waals surface area contributed by atoms with Crippen molar-refractivity contribution in [1.29, 1.82) is 0 Å². The molecule has 1 aliphatic rings. The number of hydrogen-bond acceptors (Lipinski definition) is 2. The fraction of sp³-hybridized carbons (Fsp3) is 0.167. The van der Waals surface area contributed by atoms with Gasteiger partial charge in [0, 0.05) is 34.1 Å². The minimum Gasteiger partial charge on any atom is -0.497 e. The van der Waals surface area contributed by atoms with E-state index in [4.69, 9.17) is 9.47 Å². The largest absolute Gasteiger partial charge is 0.497 e. The van der Waals surface area contributed by atoms with E-state index in [0.717, 1.165) is 55.9 Å². The quantitative estimate of drug-likeness (QED) is 0.434. The van der Waals surface area contributed by atoms with Crippen LogP contribution in [0.15, 0.2) is 54.6 Å². The highest BCUT2D eigenvalue weighted by atomic mass is 19.1. The van der Waals surface area contributed by atoms with E-state index in [-0.39, 0.29) is 11.7 Å². The van der Waals surface area contributed by atoms with Crippen molar-refractivity contribution in [3.05, 3.63) is 82.8 Å². The second-order valence-corrected chi connectivity index (χ2v) is 7.16. The summed E-state index contributed by atoms with van der Waals surface area (Å²) in [4.78, 5) is 3.48. The van der Waals surface area contributed by atoms with E-state index in [1.807, 2.05) is 30.3 Å². The number of nitrogens with one attached hydrogen (secondary N) is 1. The number of rotatable bonds is 3.